The molecule has 0 aromatic heterocycles. The van der Waals surface area contributed by atoms with E-state index in [2.05, 4.69) is 16.2 Å². The molecule has 6 nitrogen and oxygen atoms in total. The summed E-state index contributed by atoms with van der Waals surface area (Å²) in [5, 5.41) is 2.64. The maximum atomic E-state index is 12.8. The first-order valence-corrected chi connectivity index (χ1v) is 9.16. The highest BCUT2D eigenvalue weighted by Crippen LogP contribution is 2.59. The molecule has 4 rings (SSSR count). The molecule has 3 amide bonds. The van der Waals surface area contributed by atoms with Gasteiger partial charge in [0.1, 0.15) is 6.04 Å². The molecule has 3 N–H and O–H groups in total. The van der Waals surface area contributed by atoms with E-state index in [1.54, 1.807) is 0 Å². The number of hydrogen-bond donors (Lipinski definition) is 3. The molecular formula is C18H29N3O3. The van der Waals surface area contributed by atoms with Crippen LogP contribution in [0.25, 0.3) is 0 Å². The van der Waals surface area contributed by atoms with Crippen molar-refractivity contribution in [2.45, 2.75) is 65.3 Å². The Bertz CT molecular complexity index is 508. The molecule has 0 heterocycles. The molecule has 134 valence electrons. The number of rotatable bonds is 4. The molecule has 1 atom stereocenters. The van der Waals surface area contributed by atoms with E-state index in [-0.39, 0.29) is 29.1 Å². The van der Waals surface area contributed by atoms with Crippen LogP contribution in [-0.2, 0) is 14.4 Å². The zero-order valence-electron chi connectivity index (χ0n) is 14.9. The average Bonchev–Trinajstić information content (AvgIpc) is 2.48. The summed E-state index contributed by atoms with van der Waals surface area (Å²) < 4.78 is 0. The highest BCUT2D eigenvalue weighted by molar-refractivity contribution is 5.90. The summed E-state index contributed by atoms with van der Waals surface area (Å²) in [4.78, 5) is 36.4. The SMILES string of the molecule is CC(=O)NC(C(=O)NNC(=O)C12CC3CC(CC(C3)C1)C2)C(C)C. The highest BCUT2D eigenvalue weighted by Gasteiger charge is 2.54. The first kappa shape index (κ1) is 17.2. The number of carbonyl (C=O) groups is 3. The molecule has 0 aromatic rings. The highest BCUT2D eigenvalue weighted by atomic mass is 16.2. The number of nitrogens with one attached hydrogen (secondary N) is 3. The molecule has 4 fully saturated rings. The lowest BCUT2D eigenvalue weighted by Crippen LogP contribution is -2.59. The number of amides is 3. The Morgan fingerprint density at radius 2 is 1.42 bits per heavy atom. The van der Waals surface area contributed by atoms with Gasteiger partial charge in [-0.05, 0) is 62.2 Å². The van der Waals surface area contributed by atoms with Gasteiger partial charge in [0.15, 0.2) is 0 Å². The smallest absolute Gasteiger partial charge is 0.261 e. The minimum absolute atomic E-state index is 0.0414. The van der Waals surface area contributed by atoms with E-state index in [1.165, 1.54) is 26.2 Å². The summed E-state index contributed by atoms with van der Waals surface area (Å²) in [5.41, 5.74) is 4.91. The van der Waals surface area contributed by atoms with Crippen LogP contribution in [0.4, 0.5) is 0 Å². The van der Waals surface area contributed by atoms with Gasteiger partial charge in [-0.15, -0.1) is 0 Å². The predicted octanol–water partition coefficient (Wildman–Crippen LogP) is 1.51. The topological polar surface area (TPSA) is 87.3 Å². The lowest BCUT2D eigenvalue weighted by Gasteiger charge is -2.55. The second-order valence-electron chi connectivity index (χ2n) is 8.56. The van der Waals surface area contributed by atoms with Crippen molar-refractivity contribution in [1.82, 2.24) is 16.2 Å². The first-order chi connectivity index (χ1) is 11.3. The Kier molecular flexibility index (Phi) is 4.58. The van der Waals surface area contributed by atoms with Crippen LogP contribution in [-0.4, -0.2) is 23.8 Å². The fourth-order valence-electron chi connectivity index (χ4n) is 5.47. The van der Waals surface area contributed by atoms with Gasteiger partial charge in [-0.3, -0.25) is 25.2 Å². The van der Waals surface area contributed by atoms with Crippen molar-refractivity contribution in [2.24, 2.45) is 29.1 Å². The lowest BCUT2D eigenvalue weighted by atomic mass is 9.49. The van der Waals surface area contributed by atoms with Crippen molar-refractivity contribution in [3.63, 3.8) is 0 Å². The largest absolute Gasteiger partial charge is 0.344 e. The van der Waals surface area contributed by atoms with Crippen LogP contribution in [0.3, 0.4) is 0 Å². The molecule has 4 saturated carbocycles. The Morgan fingerprint density at radius 1 is 0.917 bits per heavy atom. The molecule has 1 unspecified atom stereocenters. The Hall–Kier alpha value is -1.59. The van der Waals surface area contributed by atoms with Crippen molar-refractivity contribution < 1.29 is 14.4 Å². The van der Waals surface area contributed by atoms with Crippen molar-refractivity contribution in [2.75, 3.05) is 0 Å². The van der Waals surface area contributed by atoms with Crippen LogP contribution in [0.5, 0.6) is 0 Å². The van der Waals surface area contributed by atoms with Crippen molar-refractivity contribution in [3.8, 4) is 0 Å². The summed E-state index contributed by atoms with van der Waals surface area (Å²) in [6.45, 7) is 5.11. The van der Waals surface area contributed by atoms with Crippen LogP contribution >= 0.6 is 0 Å². The number of hydrogen-bond acceptors (Lipinski definition) is 3. The van der Waals surface area contributed by atoms with E-state index in [1.807, 2.05) is 13.8 Å². The van der Waals surface area contributed by atoms with Gasteiger partial charge >= 0.3 is 0 Å². The van der Waals surface area contributed by atoms with Crippen LogP contribution in [0.15, 0.2) is 0 Å². The second-order valence-corrected chi connectivity index (χ2v) is 8.56. The van der Waals surface area contributed by atoms with Crippen LogP contribution < -0.4 is 16.2 Å². The van der Waals surface area contributed by atoms with Gasteiger partial charge in [0, 0.05) is 6.92 Å². The van der Waals surface area contributed by atoms with E-state index in [0.29, 0.717) is 17.8 Å². The Balaban J connectivity index is 1.59. The zero-order chi connectivity index (χ0) is 17.5. The maximum absolute atomic E-state index is 12.8. The molecular weight excluding hydrogens is 306 g/mol. The molecule has 0 spiro atoms. The van der Waals surface area contributed by atoms with Crippen molar-refractivity contribution >= 4 is 17.7 Å². The zero-order valence-corrected chi connectivity index (χ0v) is 14.9. The van der Waals surface area contributed by atoms with E-state index in [4.69, 9.17) is 0 Å². The molecule has 0 aliphatic heterocycles. The monoisotopic (exact) mass is 335 g/mol. The Morgan fingerprint density at radius 3 is 1.83 bits per heavy atom. The van der Waals surface area contributed by atoms with Crippen LogP contribution in [0.1, 0.15) is 59.3 Å². The van der Waals surface area contributed by atoms with Gasteiger partial charge in [0.25, 0.3) is 5.91 Å². The molecule has 0 radical (unpaired) electrons. The number of hydrazine groups is 1. The number of carbonyl (C=O) groups excluding carboxylic acids is 3. The van der Waals surface area contributed by atoms with E-state index < -0.39 is 6.04 Å². The normalized spacial score (nSPS) is 34.8. The third-order valence-corrected chi connectivity index (χ3v) is 6.13. The molecule has 6 heteroatoms. The van der Waals surface area contributed by atoms with Gasteiger partial charge in [0.05, 0.1) is 5.41 Å². The van der Waals surface area contributed by atoms with E-state index >= 15 is 0 Å². The first-order valence-electron chi connectivity index (χ1n) is 9.16. The maximum Gasteiger partial charge on any atom is 0.261 e. The van der Waals surface area contributed by atoms with E-state index in [9.17, 15) is 14.4 Å². The van der Waals surface area contributed by atoms with Crippen LogP contribution in [0, 0.1) is 29.1 Å². The molecule has 0 aromatic carbocycles. The van der Waals surface area contributed by atoms with Gasteiger partial charge < -0.3 is 5.32 Å². The summed E-state index contributed by atoms with van der Waals surface area (Å²) in [5.74, 6) is 1.33. The van der Waals surface area contributed by atoms with Crippen molar-refractivity contribution in [1.29, 1.82) is 0 Å². The molecule has 4 aliphatic carbocycles. The fraction of sp³-hybridized carbons (Fsp3) is 0.833. The summed E-state index contributed by atoms with van der Waals surface area (Å²) >= 11 is 0. The molecule has 24 heavy (non-hydrogen) atoms. The minimum atomic E-state index is -0.640. The quantitative estimate of drug-likeness (QED) is 0.681. The summed E-state index contributed by atoms with van der Waals surface area (Å²) in [6, 6.07) is -0.640. The minimum Gasteiger partial charge on any atom is -0.344 e. The third kappa shape index (κ3) is 3.28. The third-order valence-electron chi connectivity index (χ3n) is 6.13. The average molecular weight is 335 g/mol. The molecule has 4 aliphatic rings. The van der Waals surface area contributed by atoms with Gasteiger partial charge in [-0.25, -0.2) is 0 Å². The van der Waals surface area contributed by atoms with E-state index in [0.717, 1.165) is 19.3 Å². The summed E-state index contributed by atoms with van der Waals surface area (Å²) in [7, 11) is 0. The summed E-state index contributed by atoms with van der Waals surface area (Å²) in [6.07, 6.45) is 6.70. The van der Waals surface area contributed by atoms with Gasteiger partial charge in [-0.2, -0.15) is 0 Å². The van der Waals surface area contributed by atoms with Crippen molar-refractivity contribution in [3.05, 3.63) is 0 Å². The van der Waals surface area contributed by atoms with Crippen LogP contribution in [0.2, 0.25) is 0 Å². The lowest BCUT2D eigenvalue weighted by molar-refractivity contribution is -0.149. The predicted molar refractivity (Wildman–Crippen MR) is 89.3 cm³/mol. The molecule has 0 saturated heterocycles. The Labute approximate surface area is 143 Å². The molecule has 4 bridgehead atoms. The van der Waals surface area contributed by atoms with Gasteiger partial charge in [-0.1, -0.05) is 13.8 Å². The van der Waals surface area contributed by atoms with Gasteiger partial charge in [0.2, 0.25) is 11.8 Å². The standard InChI is InChI=1S/C18H29N3O3/c1-10(2)15(19-11(3)22)16(23)20-21-17(24)18-7-12-4-13(8-18)6-14(5-12)9-18/h10,12-15H,4-9H2,1-3H3,(H,19,22)(H,20,23)(H,21,24). The second kappa shape index (κ2) is 6.37. The fourth-order valence-corrected chi connectivity index (χ4v) is 5.47.